The Morgan fingerprint density at radius 2 is 1.91 bits per heavy atom. The zero-order valence-electron chi connectivity index (χ0n) is 17.6. The molecule has 1 aromatic heterocycles. The summed E-state index contributed by atoms with van der Waals surface area (Å²) < 4.78 is 25.4. The average Bonchev–Trinajstić information content (AvgIpc) is 3.12. The van der Waals surface area contributed by atoms with Crippen LogP contribution >= 0.6 is 11.8 Å². The third-order valence-corrected chi connectivity index (χ3v) is 7.03. The van der Waals surface area contributed by atoms with Crippen molar-refractivity contribution in [2.24, 2.45) is 5.14 Å². The minimum absolute atomic E-state index is 0.0235. The predicted octanol–water partition coefficient (Wildman–Crippen LogP) is 4.37. The Hall–Kier alpha value is -2.88. The molecule has 0 saturated carbocycles. The van der Waals surface area contributed by atoms with Gasteiger partial charge in [-0.1, -0.05) is 61.5 Å². The minimum Gasteiger partial charge on any atom is -0.325 e. The Labute approximate surface area is 191 Å². The number of carbonyl (C=O) groups is 1. The number of fused-ring (bicyclic) bond motifs is 2. The van der Waals surface area contributed by atoms with E-state index in [1.54, 1.807) is 6.07 Å². The molecule has 0 bridgehead atoms. The summed E-state index contributed by atoms with van der Waals surface area (Å²) in [6.07, 6.45) is 1.94. The van der Waals surface area contributed by atoms with Gasteiger partial charge in [-0.05, 0) is 36.1 Å². The topological polar surface area (TPSA) is 107 Å². The highest BCUT2D eigenvalue weighted by atomic mass is 32.2. The lowest BCUT2D eigenvalue weighted by Gasteiger charge is -2.10. The van der Waals surface area contributed by atoms with E-state index in [2.05, 4.69) is 17.2 Å². The normalized spacial score (nSPS) is 11.8. The third kappa shape index (κ3) is 4.79. The number of nitrogens with zero attached hydrogens (tertiary/aromatic N) is 2. The number of unbranched alkanes of at least 4 members (excludes halogenated alkanes) is 1. The molecule has 0 aliphatic heterocycles. The molecule has 9 heteroatoms. The van der Waals surface area contributed by atoms with E-state index in [9.17, 15) is 13.2 Å². The molecule has 0 atom stereocenters. The fourth-order valence-electron chi connectivity index (χ4n) is 3.56. The maximum Gasteiger partial charge on any atom is 0.238 e. The minimum atomic E-state index is -3.81. The summed E-state index contributed by atoms with van der Waals surface area (Å²) in [5.74, 6) is 0.0476. The van der Waals surface area contributed by atoms with Gasteiger partial charge < -0.3 is 9.88 Å². The van der Waals surface area contributed by atoms with Crippen molar-refractivity contribution < 1.29 is 13.2 Å². The van der Waals surface area contributed by atoms with Gasteiger partial charge in [0.05, 0.1) is 21.7 Å². The molecule has 7 nitrogen and oxygen atoms in total. The standard InChI is InChI=1S/C23H24N4O3S2/c1-2-3-13-27-21-12-11-17(32(24,29)30)14-20(21)26-23(27)31-15-22(28)25-19-10-6-8-16-7-4-5-9-18(16)19/h4-12,14H,2-3,13,15H2,1H3,(H,25,28)(H2,24,29,30). The van der Waals surface area contributed by atoms with Crippen molar-refractivity contribution in [3.05, 3.63) is 60.7 Å². The second kappa shape index (κ2) is 9.32. The largest absolute Gasteiger partial charge is 0.325 e. The fraction of sp³-hybridized carbons (Fsp3) is 0.217. The summed E-state index contributed by atoms with van der Waals surface area (Å²) in [4.78, 5) is 17.3. The maximum atomic E-state index is 12.7. The van der Waals surface area contributed by atoms with Gasteiger partial charge in [0.2, 0.25) is 15.9 Å². The van der Waals surface area contributed by atoms with E-state index >= 15 is 0 Å². The number of carbonyl (C=O) groups excluding carboxylic acids is 1. The molecule has 0 aliphatic rings. The maximum absolute atomic E-state index is 12.7. The monoisotopic (exact) mass is 468 g/mol. The summed E-state index contributed by atoms with van der Waals surface area (Å²) in [7, 11) is -3.81. The first kappa shape index (κ1) is 22.3. The number of anilines is 1. The number of primary sulfonamides is 1. The van der Waals surface area contributed by atoms with E-state index in [0.717, 1.165) is 41.4 Å². The zero-order chi connectivity index (χ0) is 22.7. The second-order valence-electron chi connectivity index (χ2n) is 7.46. The number of aromatic nitrogens is 2. The molecule has 0 aliphatic carbocycles. The highest BCUT2D eigenvalue weighted by Gasteiger charge is 2.16. The molecule has 1 heterocycles. The van der Waals surface area contributed by atoms with Gasteiger partial charge in [0.15, 0.2) is 5.16 Å². The van der Waals surface area contributed by atoms with Crippen LogP contribution in [0.5, 0.6) is 0 Å². The van der Waals surface area contributed by atoms with Crippen molar-refractivity contribution in [1.82, 2.24) is 9.55 Å². The number of aryl methyl sites for hydroxylation is 1. The molecule has 0 fully saturated rings. The van der Waals surface area contributed by atoms with Gasteiger partial charge >= 0.3 is 0 Å². The van der Waals surface area contributed by atoms with Crippen LogP contribution in [0.1, 0.15) is 19.8 Å². The lowest BCUT2D eigenvalue weighted by atomic mass is 10.1. The summed E-state index contributed by atoms with van der Waals surface area (Å²) in [6.45, 7) is 2.83. The highest BCUT2D eigenvalue weighted by molar-refractivity contribution is 7.99. The lowest BCUT2D eigenvalue weighted by Crippen LogP contribution is -2.15. The van der Waals surface area contributed by atoms with Crippen LogP contribution < -0.4 is 10.5 Å². The first-order valence-corrected chi connectivity index (χ1v) is 12.8. The van der Waals surface area contributed by atoms with E-state index < -0.39 is 10.0 Å². The van der Waals surface area contributed by atoms with E-state index in [-0.39, 0.29) is 16.6 Å². The van der Waals surface area contributed by atoms with Crippen LogP contribution in [0, 0.1) is 0 Å². The van der Waals surface area contributed by atoms with Crippen LogP contribution in [0.15, 0.2) is 70.7 Å². The highest BCUT2D eigenvalue weighted by Crippen LogP contribution is 2.27. The number of hydrogen-bond donors (Lipinski definition) is 2. The van der Waals surface area contributed by atoms with Crippen LogP contribution in [-0.2, 0) is 21.4 Å². The zero-order valence-corrected chi connectivity index (χ0v) is 19.2. The predicted molar refractivity (Wildman–Crippen MR) is 129 cm³/mol. The summed E-state index contributed by atoms with van der Waals surface area (Å²) in [5.41, 5.74) is 2.14. The number of sulfonamides is 1. The number of benzene rings is 3. The molecule has 4 aromatic rings. The Bertz CT molecular complexity index is 1390. The molecule has 166 valence electrons. The van der Waals surface area contributed by atoms with E-state index in [1.165, 1.54) is 23.9 Å². The molecule has 3 N–H and O–H groups in total. The van der Waals surface area contributed by atoms with Crippen LogP contribution in [0.4, 0.5) is 5.69 Å². The molecular formula is C23H24N4O3S2. The Morgan fingerprint density at radius 3 is 2.69 bits per heavy atom. The van der Waals surface area contributed by atoms with Crippen LogP contribution in [0.25, 0.3) is 21.8 Å². The van der Waals surface area contributed by atoms with Gasteiger partial charge in [0.1, 0.15) is 0 Å². The van der Waals surface area contributed by atoms with Crippen molar-refractivity contribution in [3.8, 4) is 0 Å². The Morgan fingerprint density at radius 1 is 1.12 bits per heavy atom. The number of nitrogens with two attached hydrogens (primary N) is 1. The van der Waals surface area contributed by atoms with E-state index in [0.29, 0.717) is 10.7 Å². The number of imidazole rings is 1. The fourth-order valence-corrected chi connectivity index (χ4v) is 4.93. The molecule has 0 radical (unpaired) electrons. The summed E-state index contributed by atoms with van der Waals surface area (Å²) in [5, 5.41) is 11.0. The molecule has 0 unspecified atom stereocenters. The molecule has 0 spiro atoms. The van der Waals surface area contributed by atoms with Crippen molar-refractivity contribution in [2.75, 3.05) is 11.1 Å². The Balaban J connectivity index is 1.56. The van der Waals surface area contributed by atoms with E-state index in [4.69, 9.17) is 5.14 Å². The van der Waals surface area contributed by atoms with Crippen molar-refractivity contribution >= 4 is 55.2 Å². The first-order valence-electron chi connectivity index (χ1n) is 10.3. The summed E-state index contributed by atoms with van der Waals surface area (Å²) in [6, 6.07) is 18.4. The van der Waals surface area contributed by atoms with Gasteiger partial charge in [-0.3, -0.25) is 4.79 Å². The number of hydrogen-bond acceptors (Lipinski definition) is 5. The first-order chi connectivity index (χ1) is 15.4. The van der Waals surface area contributed by atoms with E-state index in [1.807, 2.05) is 47.0 Å². The van der Waals surface area contributed by atoms with Crippen LogP contribution in [0.3, 0.4) is 0 Å². The van der Waals surface area contributed by atoms with Gasteiger partial charge in [-0.25, -0.2) is 18.5 Å². The quantitative estimate of drug-likeness (QED) is 0.374. The SMILES string of the molecule is CCCCn1c(SCC(=O)Nc2cccc3ccccc23)nc2cc(S(N)(=O)=O)ccc21. The number of amides is 1. The van der Waals surface area contributed by atoms with Gasteiger partial charge in [0.25, 0.3) is 0 Å². The number of nitrogens with one attached hydrogen (secondary N) is 1. The smallest absolute Gasteiger partial charge is 0.238 e. The lowest BCUT2D eigenvalue weighted by molar-refractivity contribution is -0.113. The second-order valence-corrected chi connectivity index (χ2v) is 9.96. The Kier molecular flexibility index (Phi) is 6.50. The molecule has 0 saturated heterocycles. The van der Waals surface area contributed by atoms with Gasteiger partial charge in [-0.15, -0.1) is 0 Å². The average molecular weight is 469 g/mol. The molecule has 3 aromatic carbocycles. The molecule has 32 heavy (non-hydrogen) atoms. The number of thioether (sulfide) groups is 1. The van der Waals surface area contributed by atoms with Gasteiger partial charge in [0, 0.05) is 17.6 Å². The van der Waals surface area contributed by atoms with Gasteiger partial charge in [-0.2, -0.15) is 0 Å². The van der Waals surface area contributed by atoms with Crippen LogP contribution in [0.2, 0.25) is 0 Å². The van der Waals surface area contributed by atoms with Crippen LogP contribution in [-0.4, -0.2) is 29.6 Å². The van der Waals surface area contributed by atoms with Crippen molar-refractivity contribution in [2.45, 2.75) is 36.4 Å². The summed E-state index contributed by atoms with van der Waals surface area (Å²) >= 11 is 1.33. The van der Waals surface area contributed by atoms with Crippen molar-refractivity contribution in [1.29, 1.82) is 0 Å². The molecular weight excluding hydrogens is 444 g/mol. The molecule has 1 amide bonds. The molecule has 4 rings (SSSR count). The van der Waals surface area contributed by atoms with Crippen molar-refractivity contribution in [3.63, 3.8) is 0 Å². The third-order valence-electron chi connectivity index (χ3n) is 5.14. The number of rotatable bonds is 8.